The lowest BCUT2D eigenvalue weighted by atomic mass is 10.3. The number of halogens is 1. The number of nitrogens with one attached hydrogen (secondary N) is 2. The zero-order valence-corrected chi connectivity index (χ0v) is 20.2. The fraction of sp³-hybridized carbons (Fsp3) is 0.286. The highest BCUT2D eigenvalue weighted by atomic mass is 35.5. The standard InChI is InChI=1S/C21H25ClN4O6S/c1-14(27)23-16-6-8-17(9-7-16)33(30,31)26(3)13-21(29)25(2)12-20(28)24-18-11-15(22)5-10-19(18)32-4/h5-11H,12-13H2,1-4H3,(H,23,27)(H,24,28). The Morgan fingerprint density at radius 1 is 1.00 bits per heavy atom. The molecule has 0 aliphatic heterocycles. The highest BCUT2D eigenvalue weighted by molar-refractivity contribution is 7.89. The first kappa shape index (κ1) is 26.1. The normalized spacial score (nSPS) is 11.1. The summed E-state index contributed by atoms with van der Waals surface area (Å²) < 4.78 is 31.6. The van der Waals surface area contributed by atoms with Crippen LogP contribution in [0.1, 0.15) is 6.92 Å². The molecule has 0 saturated heterocycles. The van der Waals surface area contributed by atoms with Crippen LogP contribution in [-0.4, -0.2) is 69.6 Å². The molecule has 0 bridgehead atoms. The summed E-state index contributed by atoms with van der Waals surface area (Å²) in [5.41, 5.74) is 0.792. The highest BCUT2D eigenvalue weighted by Crippen LogP contribution is 2.27. The van der Waals surface area contributed by atoms with Crippen molar-refractivity contribution in [3.8, 4) is 5.75 Å². The summed E-state index contributed by atoms with van der Waals surface area (Å²) in [6, 6.07) is 10.3. The van der Waals surface area contributed by atoms with Gasteiger partial charge in [-0.1, -0.05) is 11.6 Å². The number of amides is 3. The van der Waals surface area contributed by atoms with Gasteiger partial charge in [0, 0.05) is 31.7 Å². The molecule has 0 saturated carbocycles. The third-order valence-electron chi connectivity index (χ3n) is 4.48. The molecule has 0 fully saturated rings. The highest BCUT2D eigenvalue weighted by Gasteiger charge is 2.25. The minimum absolute atomic E-state index is 0.0413. The van der Waals surface area contributed by atoms with Crippen molar-refractivity contribution in [2.24, 2.45) is 0 Å². The minimum Gasteiger partial charge on any atom is -0.495 e. The van der Waals surface area contributed by atoms with E-state index in [0.717, 1.165) is 9.21 Å². The molecule has 10 nitrogen and oxygen atoms in total. The SMILES string of the molecule is COc1ccc(Cl)cc1NC(=O)CN(C)C(=O)CN(C)S(=O)(=O)c1ccc(NC(C)=O)cc1. The van der Waals surface area contributed by atoms with Crippen LogP contribution >= 0.6 is 11.6 Å². The molecule has 0 unspecified atom stereocenters. The monoisotopic (exact) mass is 496 g/mol. The molecule has 0 aliphatic carbocycles. The maximum Gasteiger partial charge on any atom is 0.244 e. The van der Waals surface area contributed by atoms with Gasteiger partial charge in [-0.15, -0.1) is 0 Å². The van der Waals surface area contributed by atoms with Gasteiger partial charge in [-0.25, -0.2) is 8.42 Å². The zero-order chi connectivity index (χ0) is 24.8. The topological polar surface area (TPSA) is 125 Å². The summed E-state index contributed by atoms with van der Waals surface area (Å²) in [5, 5.41) is 5.55. The fourth-order valence-electron chi connectivity index (χ4n) is 2.76. The summed E-state index contributed by atoms with van der Waals surface area (Å²) in [4.78, 5) is 37.0. The summed E-state index contributed by atoms with van der Waals surface area (Å²) in [6.45, 7) is 0.556. The van der Waals surface area contributed by atoms with Crippen molar-refractivity contribution in [3.05, 3.63) is 47.5 Å². The van der Waals surface area contributed by atoms with Crippen LogP contribution in [0.4, 0.5) is 11.4 Å². The maximum absolute atomic E-state index is 12.8. The van der Waals surface area contributed by atoms with E-state index in [0.29, 0.717) is 22.1 Å². The van der Waals surface area contributed by atoms with E-state index in [1.807, 2.05) is 0 Å². The first-order valence-electron chi connectivity index (χ1n) is 9.65. The molecule has 0 aromatic heterocycles. The second-order valence-electron chi connectivity index (χ2n) is 7.11. The first-order valence-corrected chi connectivity index (χ1v) is 11.5. The predicted molar refractivity (Wildman–Crippen MR) is 125 cm³/mol. The lowest BCUT2D eigenvalue weighted by Gasteiger charge is -2.22. The Labute approximate surface area is 197 Å². The third kappa shape index (κ3) is 7.17. The van der Waals surface area contributed by atoms with Crippen LogP contribution in [0.5, 0.6) is 5.75 Å². The van der Waals surface area contributed by atoms with E-state index in [1.54, 1.807) is 12.1 Å². The van der Waals surface area contributed by atoms with Crippen molar-refractivity contribution < 1.29 is 27.5 Å². The lowest BCUT2D eigenvalue weighted by Crippen LogP contribution is -2.42. The number of benzene rings is 2. The van der Waals surface area contributed by atoms with Gasteiger partial charge in [-0.05, 0) is 42.5 Å². The number of anilines is 2. The average molecular weight is 497 g/mol. The molecule has 0 heterocycles. The van der Waals surface area contributed by atoms with Gasteiger partial charge >= 0.3 is 0 Å². The van der Waals surface area contributed by atoms with E-state index >= 15 is 0 Å². The molecule has 2 rings (SSSR count). The van der Waals surface area contributed by atoms with Gasteiger partial charge in [0.15, 0.2) is 0 Å². The van der Waals surface area contributed by atoms with Crippen LogP contribution in [0.3, 0.4) is 0 Å². The molecule has 0 spiro atoms. The Morgan fingerprint density at radius 2 is 1.64 bits per heavy atom. The molecule has 0 radical (unpaired) electrons. The van der Waals surface area contributed by atoms with Crippen LogP contribution < -0.4 is 15.4 Å². The van der Waals surface area contributed by atoms with Crippen molar-refractivity contribution in [2.75, 3.05) is 44.9 Å². The number of carbonyl (C=O) groups is 3. The van der Waals surface area contributed by atoms with Gasteiger partial charge in [0.1, 0.15) is 5.75 Å². The largest absolute Gasteiger partial charge is 0.495 e. The minimum atomic E-state index is -3.96. The number of hydrogen-bond donors (Lipinski definition) is 2. The Bertz CT molecular complexity index is 1140. The van der Waals surface area contributed by atoms with Crippen LogP contribution in [0, 0.1) is 0 Å². The van der Waals surface area contributed by atoms with E-state index in [9.17, 15) is 22.8 Å². The van der Waals surface area contributed by atoms with Crippen LogP contribution in [0.15, 0.2) is 47.4 Å². The number of likely N-dealkylation sites (N-methyl/N-ethyl adjacent to an activating group) is 2. The second kappa shape index (κ2) is 11.1. The molecular weight excluding hydrogens is 472 g/mol. The predicted octanol–water partition coefficient (Wildman–Crippen LogP) is 2.02. The van der Waals surface area contributed by atoms with Crippen molar-refractivity contribution in [2.45, 2.75) is 11.8 Å². The van der Waals surface area contributed by atoms with Crippen LogP contribution in [0.25, 0.3) is 0 Å². The number of rotatable bonds is 9. The summed E-state index contributed by atoms with van der Waals surface area (Å²) in [6.07, 6.45) is 0. The smallest absolute Gasteiger partial charge is 0.244 e. The van der Waals surface area contributed by atoms with E-state index in [-0.39, 0.29) is 17.3 Å². The van der Waals surface area contributed by atoms with E-state index in [4.69, 9.17) is 16.3 Å². The molecule has 2 N–H and O–H groups in total. The van der Waals surface area contributed by atoms with E-state index in [2.05, 4.69) is 10.6 Å². The molecule has 3 amide bonds. The second-order valence-corrected chi connectivity index (χ2v) is 9.59. The van der Waals surface area contributed by atoms with Crippen LogP contribution in [-0.2, 0) is 24.4 Å². The lowest BCUT2D eigenvalue weighted by molar-refractivity contribution is -0.133. The maximum atomic E-state index is 12.8. The summed E-state index contributed by atoms with van der Waals surface area (Å²) >= 11 is 5.94. The summed E-state index contributed by atoms with van der Waals surface area (Å²) in [7, 11) is 0.133. The number of nitrogens with zero attached hydrogens (tertiary/aromatic N) is 2. The van der Waals surface area contributed by atoms with Gasteiger partial charge < -0.3 is 20.3 Å². The number of sulfonamides is 1. The first-order chi connectivity index (χ1) is 15.4. The molecule has 0 atom stereocenters. The van der Waals surface area contributed by atoms with Crippen molar-refractivity contribution >= 4 is 50.7 Å². The number of ether oxygens (including phenoxy) is 1. The van der Waals surface area contributed by atoms with E-state index in [1.165, 1.54) is 58.5 Å². The number of hydrogen-bond acceptors (Lipinski definition) is 6. The fourth-order valence-corrected chi connectivity index (χ4v) is 4.05. The Morgan fingerprint density at radius 3 is 2.21 bits per heavy atom. The molecular formula is C21H25ClN4O6S. The summed E-state index contributed by atoms with van der Waals surface area (Å²) in [5.74, 6) is -0.971. The van der Waals surface area contributed by atoms with Gasteiger partial charge in [-0.2, -0.15) is 4.31 Å². The molecule has 12 heteroatoms. The van der Waals surface area contributed by atoms with Crippen molar-refractivity contribution in [3.63, 3.8) is 0 Å². The van der Waals surface area contributed by atoms with Crippen molar-refractivity contribution in [1.29, 1.82) is 0 Å². The Balaban J connectivity index is 1.99. The van der Waals surface area contributed by atoms with Gasteiger partial charge in [-0.3, -0.25) is 14.4 Å². The Hall–Kier alpha value is -3.15. The van der Waals surface area contributed by atoms with Gasteiger partial charge in [0.05, 0.1) is 30.8 Å². The number of methoxy groups -OCH3 is 1. The van der Waals surface area contributed by atoms with Crippen LogP contribution in [0.2, 0.25) is 5.02 Å². The quantitative estimate of drug-likeness (QED) is 0.547. The van der Waals surface area contributed by atoms with Gasteiger partial charge in [0.25, 0.3) is 0 Å². The molecule has 0 aliphatic rings. The molecule has 33 heavy (non-hydrogen) atoms. The zero-order valence-electron chi connectivity index (χ0n) is 18.6. The molecule has 2 aromatic carbocycles. The molecule has 2 aromatic rings. The van der Waals surface area contributed by atoms with Gasteiger partial charge in [0.2, 0.25) is 27.7 Å². The van der Waals surface area contributed by atoms with E-state index < -0.39 is 28.4 Å². The number of carbonyl (C=O) groups excluding carboxylic acids is 3. The molecule has 178 valence electrons. The van der Waals surface area contributed by atoms with Crippen molar-refractivity contribution in [1.82, 2.24) is 9.21 Å². The third-order valence-corrected chi connectivity index (χ3v) is 6.54. The average Bonchev–Trinajstić information content (AvgIpc) is 2.73. The Kier molecular flexibility index (Phi) is 8.80.